The molecule has 5 rings (SSSR count). The number of nitrogens with two attached hydrogens (primary N) is 1. The number of carbonyl (C=O) groups is 4. The van der Waals surface area contributed by atoms with Crippen molar-refractivity contribution in [1.82, 2.24) is 29.6 Å². The molecule has 3 aromatic rings. The van der Waals surface area contributed by atoms with Gasteiger partial charge < -0.3 is 21.3 Å². The number of carbonyl (C=O) groups excluding carboxylic acids is 2. The Morgan fingerprint density at radius 2 is 1.97 bits per heavy atom. The van der Waals surface area contributed by atoms with Crippen molar-refractivity contribution >= 4 is 64.3 Å². The van der Waals surface area contributed by atoms with Crippen molar-refractivity contribution < 1.29 is 29.4 Å². The summed E-state index contributed by atoms with van der Waals surface area (Å²) in [6.45, 7) is -0.297. The number of aromatic nitrogens is 4. The van der Waals surface area contributed by atoms with E-state index in [1.54, 1.807) is 6.07 Å². The van der Waals surface area contributed by atoms with Crippen LogP contribution in [0.25, 0.3) is 5.65 Å². The molecule has 0 saturated carbocycles. The van der Waals surface area contributed by atoms with Gasteiger partial charge in [-0.25, -0.2) is 9.59 Å². The van der Waals surface area contributed by atoms with Crippen LogP contribution >= 0.6 is 34.9 Å². The van der Waals surface area contributed by atoms with E-state index in [1.165, 1.54) is 34.1 Å². The zero-order valence-electron chi connectivity index (χ0n) is 20.0. The van der Waals surface area contributed by atoms with Gasteiger partial charge in [0.05, 0.1) is 6.42 Å². The quantitative estimate of drug-likeness (QED) is 0.175. The molecule has 0 radical (unpaired) electrons. The van der Waals surface area contributed by atoms with Gasteiger partial charge in [-0.1, -0.05) is 0 Å². The smallest absolute Gasteiger partial charge is 0.367 e. The molecule has 14 nitrogen and oxygen atoms in total. The fourth-order valence-electron chi connectivity index (χ4n) is 4.23. The molecule has 2 aliphatic rings. The third kappa shape index (κ3) is 5.17. The molecular formula is C22H21N7O7S3. The summed E-state index contributed by atoms with van der Waals surface area (Å²) >= 11 is 3.93. The number of thioether (sulfide) groups is 2. The van der Waals surface area contributed by atoms with Crippen LogP contribution in [0.15, 0.2) is 44.7 Å². The Labute approximate surface area is 231 Å². The lowest BCUT2D eigenvalue weighted by molar-refractivity contribution is -0.150. The Hall–Kier alpha value is -3.67. The van der Waals surface area contributed by atoms with Gasteiger partial charge in [-0.15, -0.1) is 40.0 Å². The van der Waals surface area contributed by atoms with Gasteiger partial charge in [0.1, 0.15) is 28.7 Å². The second kappa shape index (κ2) is 10.8. The Balaban J connectivity index is 1.28. The minimum Gasteiger partial charge on any atom is -0.480 e. The highest BCUT2D eigenvalue weighted by Gasteiger charge is 2.54. The summed E-state index contributed by atoms with van der Waals surface area (Å²) in [6.07, 6.45) is 0.0878. The average molecular weight is 592 g/mol. The number of nitrogens with zero attached hydrogens (tertiary/aromatic N) is 5. The summed E-state index contributed by atoms with van der Waals surface area (Å²) in [4.78, 5) is 63.0. The largest absolute Gasteiger partial charge is 0.480 e. The highest BCUT2D eigenvalue weighted by Crippen LogP contribution is 2.41. The number of nitrogens with one attached hydrogen (secondary N) is 1. The van der Waals surface area contributed by atoms with E-state index in [9.17, 15) is 29.1 Å². The predicted octanol–water partition coefficient (Wildman–Crippen LogP) is -0.431. The molecule has 204 valence electrons. The molecule has 0 bridgehead atoms. The van der Waals surface area contributed by atoms with Crippen LogP contribution in [0.3, 0.4) is 0 Å². The van der Waals surface area contributed by atoms with Crippen LogP contribution in [0.5, 0.6) is 0 Å². The van der Waals surface area contributed by atoms with E-state index >= 15 is 0 Å². The van der Waals surface area contributed by atoms with Gasteiger partial charge in [0.15, 0.2) is 5.65 Å². The number of carboxylic acid groups (broad SMARTS) is 2. The molecule has 2 atom stereocenters. The lowest BCUT2D eigenvalue weighted by Gasteiger charge is -2.49. The molecule has 3 aromatic heterocycles. The van der Waals surface area contributed by atoms with E-state index in [2.05, 4.69) is 15.5 Å². The van der Waals surface area contributed by atoms with Crippen molar-refractivity contribution in [1.29, 1.82) is 0 Å². The SMILES string of the molecule is NCc1ccsc1CC(=O)NC1C(=O)N2C(C(=O)O)=C(CSc3ccc4nn(CC(=O)O)c(=O)n4n3)CS[C@H]12. The van der Waals surface area contributed by atoms with Gasteiger partial charge in [0.25, 0.3) is 5.91 Å². The average Bonchev–Trinajstić information content (AvgIpc) is 3.48. The van der Waals surface area contributed by atoms with E-state index in [-0.39, 0.29) is 29.4 Å². The summed E-state index contributed by atoms with van der Waals surface area (Å²) in [5.74, 6) is -2.81. The topological polar surface area (TPSA) is 202 Å². The first kappa shape index (κ1) is 26.9. The maximum absolute atomic E-state index is 12.9. The summed E-state index contributed by atoms with van der Waals surface area (Å²) < 4.78 is 1.76. The summed E-state index contributed by atoms with van der Waals surface area (Å²) in [5, 5.41) is 31.4. The zero-order valence-corrected chi connectivity index (χ0v) is 22.4. The fourth-order valence-corrected chi connectivity index (χ4v) is 7.48. The van der Waals surface area contributed by atoms with E-state index in [4.69, 9.17) is 10.8 Å². The molecule has 17 heteroatoms. The first-order valence-corrected chi connectivity index (χ1v) is 14.4. The molecule has 5 N–H and O–H groups in total. The molecule has 2 amide bonds. The number of aliphatic carboxylic acids is 2. The number of hydrogen-bond donors (Lipinski definition) is 4. The van der Waals surface area contributed by atoms with Crippen molar-refractivity contribution in [2.45, 2.75) is 36.0 Å². The molecular weight excluding hydrogens is 570 g/mol. The molecule has 1 saturated heterocycles. The van der Waals surface area contributed by atoms with Crippen LogP contribution < -0.4 is 16.7 Å². The molecule has 0 spiro atoms. The molecule has 39 heavy (non-hydrogen) atoms. The number of hydrogen-bond acceptors (Lipinski definition) is 11. The number of rotatable bonds is 10. The first-order valence-electron chi connectivity index (χ1n) is 11.4. The normalized spacial score (nSPS) is 18.7. The Bertz CT molecular complexity index is 1590. The summed E-state index contributed by atoms with van der Waals surface area (Å²) in [5.41, 5.74) is 6.39. The third-order valence-corrected chi connectivity index (χ3v) is 9.35. The molecule has 5 heterocycles. The monoisotopic (exact) mass is 591 g/mol. The summed E-state index contributed by atoms with van der Waals surface area (Å²) in [6, 6.07) is 4.11. The molecule has 0 aromatic carbocycles. The minimum absolute atomic E-state index is 0.0878. The second-order valence-corrected chi connectivity index (χ2v) is 11.6. The van der Waals surface area contributed by atoms with Gasteiger partial charge >= 0.3 is 17.6 Å². The van der Waals surface area contributed by atoms with E-state index in [0.717, 1.165) is 31.4 Å². The van der Waals surface area contributed by atoms with E-state index in [1.807, 2.05) is 11.4 Å². The van der Waals surface area contributed by atoms with Gasteiger partial charge in [-0.3, -0.25) is 19.3 Å². The maximum atomic E-state index is 12.9. The predicted molar refractivity (Wildman–Crippen MR) is 141 cm³/mol. The summed E-state index contributed by atoms with van der Waals surface area (Å²) in [7, 11) is 0. The third-order valence-electron chi connectivity index (χ3n) is 6.04. The fraction of sp³-hybridized carbons (Fsp3) is 0.318. The van der Waals surface area contributed by atoms with Gasteiger partial charge in [0.2, 0.25) is 5.91 Å². The number of amides is 2. The molecule has 0 aliphatic carbocycles. The van der Waals surface area contributed by atoms with Gasteiger partial charge in [-0.2, -0.15) is 14.3 Å². The highest BCUT2D eigenvalue weighted by atomic mass is 32.2. The Morgan fingerprint density at radius 3 is 2.69 bits per heavy atom. The Morgan fingerprint density at radius 1 is 1.18 bits per heavy atom. The van der Waals surface area contributed by atoms with Crippen LogP contribution in [-0.4, -0.2) is 81.2 Å². The number of thiophene rings is 1. The van der Waals surface area contributed by atoms with Crippen LogP contribution in [0.1, 0.15) is 10.4 Å². The van der Waals surface area contributed by atoms with Crippen molar-refractivity contribution in [2.75, 3.05) is 11.5 Å². The van der Waals surface area contributed by atoms with Gasteiger partial charge in [-0.05, 0) is 34.7 Å². The maximum Gasteiger partial charge on any atom is 0.367 e. The van der Waals surface area contributed by atoms with Gasteiger partial charge in [0, 0.05) is 22.9 Å². The zero-order chi connectivity index (χ0) is 27.8. The second-order valence-electron chi connectivity index (χ2n) is 8.53. The van der Waals surface area contributed by atoms with Crippen LogP contribution in [0, 0.1) is 0 Å². The van der Waals surface area contributed by atoms with E-state index in [0.29, 0.717) is 22.9 Å². The molecule has 1 fully saturated rings. The minimum atomic E-state index is -1.25. The van der Waals surface area contributed by atoms with Crippen LogP contribution in [0.2, 0.25) is 0 Å². The Kier molecular flexibility index (Phi) is 7.48. The molecule has 1 unspecified atom stereocenters. The number of carboxylic acids is 2. The van der Waals surface area contributed by atoms with E-state index < -0.39 is 41.5 Å². The van der Waals surface area contributed by atoms with Crippen LogP contribution in [-0.2, 0) is 38.7 Å². The standard InChI is InChI=1S/C22H21N7O7S3/c23-6-10-3-4-37-12(10)5-14(30)24-17-19(33)28-18(21(34)35)11(9-39-20(17)28)8-38-15-2-1-13-25-27(7-16(31)32)22(36)29(13)26-15/h1-4,17,20H,5-9,23H2,(H,24,30)(H,31,32)(H,34,35)/t17?,20-/m1/s1. The lowest BCUT2D eigenvalue weighted by atomic mass is 10.0. The van der Waals surface area contributed by atoms with Crippen molar-refractivity contribution in [2.24, 2.45) is 5.73 Å². The first-order chi connectivity index (χ1) is 18.7. The number of fused-ring (bicyclic) bond motifs is 2. The number of β-lactam (4-membered cyclic amide) rings is 1. The highest BCUT2D eigenvalue weighted by molar-refractivity contribution is 8.01. The van der Waals surface area contributed by atoms with Crippen molar-refractivity contribution in [3.63, 3.8) is 0 Å². The lowest BCUT2D eigenvalue weighted by Crippen LogP contribution is -2.70. The van der Waals surface area contributed by atoms with Crippen molar-refractivity contribution in [3.8, 4) is 0 Å². The van der Waals surface area contributed by atoms with Crippen LogP contribution in [0.4, 0.5) is 0 Å². The van der Waals surface area contributed by atoms with Crippen molar-refractivity contribution in [3.05, 3.63) is 55.8 Å². The molecule has 2 aliphatic heterocycles.